The highest BCUT2D eigenvalue weighted by molar-refractivity contribution is 6.30. The van der Waals surface area contributed by atoms with Crippen molar-refractivity contribution in [2.45, 2.75) is 51.6 Å². The number of halogens is 1. The third kappa shape index (κ3) is 3.97. The highest BCUT2D eigenvalue weighted by Crippen LogP contribution is 2.30. The number of nitrogens with two attached hydrogens (primary N) is 1. The van der Waals surface area contributed by atoms with Crippen molar-refractivity contribution in [3.63, 3.8) is 0 Å². The second-order valence-corrected chi connectivity index (χ2v) is 6.56. The van der Waals surface area contributed by atoms with E-state index < -0.39 is 0 Å². The predicted molar refractivity (Wildman–Crippen MR) is 87.0 cm³/mol. The SMILES string of the molecule is CCCC1CCN(C(c2ccc(Cl)cc2)C(C)N)CC1. The van der Waals surface area contributed by atoms with E-state index in [-0.39, 0.29) is 6.04 Å². The maximum Gasteiger partial charge on any atom is 0.0496 e. The Labute approximate surface area is 128 Å². The summed E-state index contributed by atoms with van der Waals surface area (Å²) >= 11 is 5.99. The van der Waals surface area contributed by atoms with Gasteiger partial charge in [-0.05, 0) is 56.5 Å². The van der Waals surface area contributed by atoms with E-state index in [4.69, 9.17) is 17.3 Å². The van der Waals surface area contributed by atoms with Gasteiger partial charge in [-0.15, -0.1) is 0 Å². The van der Waals surface area contributed by atoms with Crippen LogP contribution < -0.4 is 5.73 Å². The quantitative estimate of drug-likeness (QED) is 0.880. The fourth-order valence-corrected chi connectivity index (χ4v) is 3.56. The Kier molecular flexibility index (Phi) is 5.88. The Morgan fingerprint density at radius 1 is 1.25 bits per heavy atom. The summed E-state index contributed by atoms with van der Waals surface area (Å²) in [5.74, 6) is 0.912. The molecule has 1 saturated heterocycles. The van der Waals surface area contributed by atoms with Crippen molar-refractivity contribution in [2.75, 3.05) is 13.1 Å². The van der Waals surface area contributed by atoms with Crippen LogP contribution in [0.2, 0.25) is 5.02 Å². The van der Waals surface area contributed by atoms with Crippen LogP contribution in [0.3, 0.4) is 0 Å². The van der Waals surface area contributed by atoms with Crippen molar-refractivity contribution in [3.05, 3.63) is 34.9 Å². The summed E-state index contributed by atoms with van der Waals surface area (Å²) in [4.78, 5) is 2.56. The highest BCUT2D eigenvalue weighted by atomic mass is 35.5. The number of likely N-dealkylation sites (tertiary alicyclic amines) is 1. The van der Waals surface area contributed by atoms with Crippen LogP contribution in [0, 0.1) is 5.92 Å². The first-order valence-corrected chi connectivity index (χ1v) is 8.24. The van der Waals surface area contributed by atoms with Gasteiger partial charge in [0.1, 0.15) is 0 Å². The number of nitrogens with zero attached hydrogens (tertiary/aromatic N) is 1. The van der Waals surface area contributed by atoms with Gasteiger partial charge in [0, 0.05) is 17.1 Å². The molecule has 0 bridgehead atoms. The fourth-order valence-electron chi connectivity index (χ4n) is 3.43. The first-order chi connectivity index (χ1) is 9.61. The number of piperidine rings is 1. The minimum atomic E-state index is 0.138. The van der Waals surface area contributed by atoms with E-state index in [0.29, 0.717) is 6.04 Å². The summed E-state index contributed by atoms with van der Waals surface area (Å²) in [6, 6.07) is 8.63. The monoisotopic (exact) mass is 294 g/mol. The van der Waals surface area contributed by atoms with E-state index in [1.54, 1.807) is 0 Å². The Hall–Kier alpha value is -0.570. The molecule has 0 amide bonds. The average Bonchev–Trinajstić information content (AvgIpc) is 2.43. The molecule has 1 aliphatic heterocycles. The van der Waals surface area contributed by atoms with Gasteiger partial charge in [-0.25, -0.2) is 0 Å². The van der Waals surface area contributed by atoms with Crippen molar-refractivity contribution in [3.8, 4) is 0 Å². The summed E-state index contributed by atoms with van der Waals surface area (Å²) in [5.41, 5.74) is 7.55. The van der Waals surface area contributed by atoms with E-state index in [9.17, 15) is 0 Å². The van der Waals surface area contributed by atoms with Gasteiger partial charge >= 0.3 is 0 Å². The van der Waals surface area contributed by atoms with Gasteiger partial charge in [-0.1, -0.05) is 43.5 Å². The molecule has 0 radical (unpaired) electrons. The van der Waals surface area contributed by atoms with Crippen molar-refractivity contribution in [2.24, 2.45) is 11.7 Å². The van der Waals surface area contributed by atoms with Crippen molar-refractivity contribution in [1.82, 2.24) is 4.90 Å². The Bertz CT molecular complexity index is 394. The molecule has 0 saturated carbocycles. The summed E-state index contributed by atoms with van der Waals surface area (Å²) < 4.78 is 0. The number of rotatable bonds is 5. The second kappa shape index (κ2) is 7.44. The first kappa shape index (κ1) is 15.8. The molecule has 2 unspecified atom stereocenters. The van der Waals surface area contributed by atoms with Crippen LogP contribution in [-0.2, 0) is 0 Å². The predicted octanol–water partition coefficient (Wildman–Crippen LogP) is 4.24. The lowest BCUT2D eigenvalue weighted by molar-refractivity contribution is 0.115. The Balaban J connectivity index is 2.05. The van der Waals surface area contributed by atoms with Crippen molar-refractivity contribution in [1.29, 1.82) is 0 Å². The van der Waals surface area contributed by atoms with Gasteiger partial charge in [0.2, 0.25) is 0 Å². The Morgan fingerprint density at radius 3 is 2.35 bits per heavy atom. The normalized spacial score (nSPS) is 20.8. The van der Waals surface area contributed by atoms with E-state index in [2.05, 4.69) is 30.9 Å². The standard InChI is InChI=1S/C17H27ClN2/c1-3-4-14-9-11-20(12-10-14)17(13(2)19)15-5-7-16(18)8-6-15/h5-8,13-14,17H,3-4,9-12,19H2,1-2H3. The summed E-state index contributed by atoms with van der Waals surface area (Å²) in [6.07, 6.45) is 5.30. The van der Waals surface area contributed by atoms with Gasteiger partial charge in [-0.3, -0.25) is 4.90 Å². The molecule has 2 atom stereocenters. The molecular formula is C17H27ClN2. The average molecular weight is 295 g/mol. The largest absolute Gasteiger partial charge is 0.326 e. The zero-order valence-electron chi connectivity index (χ0n) is 12.7. The molecule has 1 fully saturated rings. The number of benzene rings is 1. The molecule has 2 N–H and O–H groups in total. The molecule has 3 heteroatoms. The molecule has 2 nitrogen and oxygen atoms in total. The van der Waals surface area contributed by atoms with Crippen LogP contribution in [0.5, 0.6) is 0 Å². The molecule has 0 aliphatic carbocycles. The zero-order valence-corrected chi connectivity index (χ0v) is 13.4. The molecule has 1 heterocycles. The minimum Gasteiger partial charge on any atom is -0.326 e. The molecular weight excluding hydrogens is 268 g/mol. The van der Waals surface area contributed by atoms with Crippen molar-refractivity contribution < 1.29 is 0 Å². The second-order valence-electron chi connectivity index (χ2n) is 6.12. The molecule has 1 aromatic carbocycles. The van der Waals surface area contributed by atoms with Crippen molar-refractivity contribution >= 4 is 11.6 Å². The lowest BCUT2D eigenvalue weighted by atomic mass is 9.89. The van der Waals surface area contributed by atoms with Crippen LogP contribution in [0.4, 0.5) is 0 Å². The maximum absolute atomic E-state index is 6.26. The van der Waals surface area contributed by atoms with Crippen LogP contribution in [0.15, 0.2) is 24.3 Å². The van der Waals surface area contributed by atoms with Gasteiger partial charge in [0.25, 0.3) is 0 Å². The molecule has 1 aromatic rings. The third-order valence-electron chi connectivity index (χ3n) is 4.45. The fraction of sp³-hybridized carbons (Fsp3) is 0.647. The van der Waals surface area contributed by atoms with E-state index >= 15 is 0 Å². The molecule has 1 aliphatic rings. The Morgan fingerprint density at radius 2 is 1.85 bits per heavy atom. The smallest absolute Gasteiger partial charge is 0.0496 e. The molecule has 112 valence electrons. The summed E-state index contributed by atoms with van der Waals surface area (Å²) in [7, 11) is 0. The van der Waals surface area contributed by atoms with Crippen LogP contribution in [0.1, 0.15) is 51.1 Å². The zero-order chi connectivity index (χ0) is 14.5. The van der Waals surface area contributed by atoms with Crippen LogP contribution in [0.25, 0.3) is 0 Å². The highest BCUT2D eigenvalue weighted by Gasteiger charge is 2.28. The maximum atomic E-state index is 6.26. The molecule has 0 spiro atoms. The number of hydrogen-bond acceptors (Lipinski definition) is 2. The van der Waals surface area contributed by atoms with Gasteiger partial charge < -0.3 is 5.73 Å². The van der Waals surface area contributed by atoms with E-state index in [1.807, 2.05) is 12.1 Å². The molecule has 2 rings (SSSR count). The van der Waals surface area contributed by atoms with E-state index in [0.717, 1.165) is 10.9 Å². The molecule has 20 heavy (non-hydrogen) atoms. The first-order valence-electron chi connectivity index (χ1n) is 7.87. The summed E-state index contributed by atoms with van der Waals surface area (Å²) in [5, 5.41) is 0.791. The summed E-state index contributed by atoms with van der Waals surface area (Å²) in [6.45, 7) is 6.72. The van der Waals surface area contributed by atoms with Crippen LogP contribution in [-0.4, -0.2) is 24.0 Å². The van der Waals surface area contributed by atoms with E-state index in [1.165, 1.54) is 44.3 Å². The molecule has 0 aromatic heterocycles. The number of hydrogen-bond donors (Lipinski definition) is 1. The van der Waals surface area contributed by atoms with Gasteiger partial charge in [0.15, 0.2) is 0 Å². The lowest BCUT2D eigenvalue weighted by Crippen LogP contribution is -2.43. The minimum absolute atomic E-state index is 0.138. The lowest BCUT2D eigenvalue weighted by Gasteiger charge is -2.39. The topological polar surface area (TPSA) is 29.3 Å². The van der Waals surface area contributed by atoms with Crippen LogP contribution >= 0.6 is 11.6 Å². The van der Waals surface area contributed by atoms with Gasteiger partial charge in [-0.2, -0.15) is 0 Å². The van der Waals surface area contributed by atoms with Gasteiger partial charge in [0.05, 0.1) is 0 Å². The third-order valence-corrected chi connectivity index (χ3v) is 4.70.